The van der Waals surface area contributed by atoms with E-state index >= 15 is 0 Å². The summed E-state index contributed by atoms with van der Waals surface area (Å²) in [5.74, 6) is 0.591. The van der Waals surface area contributed by atoms with Gasteiger partial charge in [-0.1, -0.05) is 41.4 Å². The van der Waals surface area contributed by atoms with Gasteiger partial charge < -0.3 is 9.15 Å². The molecule has 1 heterocycles. The van der Waals surface area contributed by atoms with E-state index in [2.05, 4.69) is 0 Å². The largest absolute Gasteiger partial charge is 0.489 e. The lowest BCUT2D eigenvalue weighted by Crippen LogP contribution is -2.01. The van der Waals surface area contributed by atoms with Crippen LogP contribution in [0.15, 0.2) is 57.9 Å². The minimum Gasteiger partial charge on any atom is -0.489 e. The number of halogens is 2. The van der Waals surface area contributed by atoms with Crippen LogP contribution in [-0.2, 0) is 6.61 Å². The smallest absolute Gasteiger partial charge is 0.211 e. The van der Waals surface area contributed by atoms with E-state index in [1.807, 2.05) is 24.3 Å². The predicted molar refractivity (Wildman–Crippen MR) is 83.3 cm³/mol. The van der Waals surface area contributed by atoms with Crippen molar-refractivity contribution in [3.05, 3.63) is 74.6 Å². The van der Waals surface area contributed by atoms with Gasteiger partial charge in [0, 0.05) is 16.7 Å². The van der Waals surface area contributed by atoms with Crippen molar-refractivity contribution in [3.63, 3.8) is 0 Å². The molecule has 3 nitrogen and oxygen atoms in total. The molecule has 0 N–H and O–H groups in total. The van der Waals surface area contributed by atoms with Crippen LogP contribution in [0.2, 0.25) is 10.0 Å². The SMILES string of the molecule is O=c1c(Cl)coc2cc(OCc3ccccc3Cl)ccc12. The molecular weight excluding hydrogens is 311 g/mol. The van der Waals surface area contributed by atoms with Crippen LogP contribution in [0.25, 0.3) is 11.0 Å². The Kier molecular flexibility index (Phi) is 3.86. The van der Waals surface area contributed by atoms with Crippen molar-refractivity contribution in [2.45, 2.75) is 6.61 Å². The normalized spacial score (nSPS) is 10.8. The molecule has 21 heavy (non-hydrogen) atoms. The predicted octanol–water partition coefficient (Wildman–Crippen LogP) is 4.68. The third-order valence-corrected chi connectivity index (χ3v) is 3.69. The molecule has 0 aliphatic heterocycles. The Hall–Kier alpha value is -1.97. The molecule has 0 radical (unpaired) electrons. The van der Waals surface area contributed by atoms with Gasteiger partial charge in [-0.2, -0.15) is 0 Å². The second kappa shape index (κ2) is 5.80. The maximum absolute atomic E-state index is 11.8. The van der Waals surface area contributed by atoms with Gasteiger partial charge in [0.15, 0.2) is 0 Å². The lowest BCUT2D eigenvalue weighted by atomic mass is 10.2. The maximum atomic E-state index is 11.8. The topological polar surface area (TPSA) is 39.4 Å². The van der Waals surface area contributed by atoms with Gasteiger partial charge in [0.25, 0.3) is 0 Å². The summed E-state index contributed by atoms with van der Waals surface area (Å²) < 4.78 is 11.0. The first-order valence-corrected chi connectivity index (χ1v) is 6.98. The minimum atomic E-state index is -0.254. The van der Waals surface area contributed by atoms with Crippen molar-refractivity contribution < 1.29 is 9.15 Å². The first kappa shape index (κ1) is 14.0. The fraction of sp³-hybridized carbons (Fsp3) is 0.0625. The van der Waals surface area contributed by atoms with Crippen LogP contribution >= 0.6 is 23.2 Å². The molecule has 0 saturated carbocycles. The Balaban J connectivity index is 1.87. The van der Waals surface area contributed by atoms with Crippen molar-refractivity contribution in [1.29, 1.82) is 0 Å². The van der Waals surface area contributed by atoms with Gasteiger partial charge in [-0.25, -0.2) is 0 Å². The highest BCUT2D eigenvalue weighted by molar-refractivity contribution is 6.31. The fourth-order valence-electron chi connectivity index (χ4n) is 1.95. The third-order valence-electron chi connectivity index (χ3n) is 3.06. The highest BCUT2D eigenvalue weighted by atomic mass is 35.5. The van der Waals surface area contributed by atoms with Crippen LogP contribution in [0.3, 0.4) is 0 Å². The van der Waals surface area contributed by atoms with E-state index in [1.54, 1.807) is 18.2 Å². The van der Waals surface area contributed by atoms with Gasteiger partial charge in [0.05, 0.1) is 5.39 Å². The van der Waals surface area contributed by atoms with Crippen LogP contribution < -0.4 is 10.2 Å². The maximum Gasteiger partial charge on any atom is 0.211 e. The molecule has 0 saturated heterocycles. The van der Waals surface area contributed by atoms with E-state index in [0.717, 1.165) is 5.56 Å². The Morgan fingerprint density at radius 2 is 1.86 bits per heavy atom. The van der Waals surface area contributed by atoms with Gasteiger partial charge in [-0.15, -0.1) is 0 Å². The second-order valence-corrected chi connectivity index (χ2v) is 5.27. The second-order valence-electron chi connectivity index (χ2n) is 4.45. The summed E-state index contributed by atoms with van der Waals surface area (Å²) in [6.07, 6.45) is 1.23. The van der Waals surface area contributed by atoms with Crippen LogP contribution in [0, 0.1) is 0 Å². The van der Waals surface area contributed by atoms with E-state index < -0.39 is 0 Å². The Morgan fingerprint density at radius 3 is 2.67 bits per heavy atom. The molecule has 3 aromatic rings. The quantitative estimate of drug-likeness (QED) is 0.703. The van der Waals surface area contributed by atoms with Gasteiger partial charge in [-0.05, 0) is 18.2 Å². The van der Waals surface area contributed by atoms with E-state index in [1.165, 1.54) is 6.26 Å². The molecule has 0 spiro atoms. The fourth-order valence-corrected chi connectivity index (χ4v) is 2.29. The summed E-state index contributed by atoms with van der Waals surface area (Å²) in [4.78, 5) is 11.8. The van der Waals surface area contributed by atoms with Crippen LogP contribution in [0.1, 0.15) is 5.56 Å². The zero-order valence-electron chi connectivity index (χ0n) is 10.8. The molecular formula is C16H10Cl2O3. The molecule has 2 aromatic carbocycles. The van der Waals surface area contributed by atoms with Gasteiger partial charge >= 0.3 is 0 Å². The number of benzene rings is 2. The van der Waals surface area contributed by atoms with Crippen molar-refractivity contribution >= 4 is 34.2 Å². The van der Waals surface area contributed by atoms with Gasteiger partial charge in [0.1, 0.15) is 29.2 Å². The van der Waals surface area contributed by atoms with E-state index in [-0.39, 0.29) is 10.5 Å². The van der Waals surface area contributed by atoms with E-state index in [0.29, 0.717) is 28.3 Å². The standard InChI is InChI=1S/C16H10Cl2O3/c17-13-4-2-1-3-10(13)8-20-11-5-6-12-15(7-11)21-9-14(18)16(12)19/h1-7,9H,8H2. The number of hydrogen-bond acceptors (Lipinski definition) is 3. The summed E-state index contributed by atoms with van der Waals surface area (Å²) >= 11 is 11.8. The summed E-state index contributed by atoms with van der Waals surface area (Å²) in [7, 11) is 0. The molecule has 0 bridgehead atoms. The summed E-state index contributed by atoms with van der Waals surface area (Å²) in [5.41, 5.74) is 1.06. The van der Waals surface area contributed by atoms with Crippen molar-refractivity contribution in [2.75, 3.05) is 0 Å². The molecule has 0 aliphatic carbocycles. The van der Waals surface area contributed by atoms with Crippen LogP contribution in [0.5, 0.6) is 5.75 Å². The molecule has 1 aromatic heterocycles. The molecule has 106 valence electrons. The first-order valence-electron chi connectivity index (χ1n) is 6.22. The van der Waals surface area contributed by atoms with Crippen molar-refractivity contribution in [3.8, 4) is 5.75 Å². The molecule has 0 aliphatic rings. The highest BCUT2D eigenvalue weighted by Crippen LogP contribution is 2.22. The lowest BCUT2D eigenvalue weighted by molar-refractivity contribution is 0.306. The Morgan fingerprint density at radius 1 is 1.05 bits per heavy atom. The zero-order valence-corrected chi connectivity index (χ0v) is 12.3. The molecule has 3 rings (SSSR count). The van der Waals surface area contributed by atoms with Crippen LogP contribution in [-0.4, -0.2) is 0 Å². The molecule has 5 heteroatoms. The molecule has 0 unspecified atom stereocenters. The van der Waals surface area contributed by atoms with Gasteiger partial charge in [-0.3, -0.25) is 4.79 Å². The number of rotatable bonds is 3. The Labute approximate surface area is 130 Å². The minimum absolute atomic E-state index is 0.0623. The summed E-state index contributed by atoms with van der Waals surface area (Å²) in [5, 5.41) is 1.14. The van der Waals surface area contributed by atoms with Crippen LogP contribution in [0.4, 0.5) is 0 Å². The summed E-state index contributed by atoms with van der Waals surface area (Å²) in [6, 6.07) is 12.4. The zero-order chi connectivity index (χ0) is 14.8. The number of hydrogen-bond donors (Lipinski definition) is 0. The van der Waals surface area contributed by atoms with Crippen molar-refractivity contribution in [2.24, 2.45) is 0 Å². The summed E-state index contributed by atoms with van der Waals surface area (Å²) in [6.45, 7) is 0.336. The number of ether oxygens (including phenoxy) is 1. The molecule has 0 amide bonds. The van der Waals surface area contributed by atoms with Crippen molar-refractivity contribution in [1.82, 2.24) is 0 Å². The Bertz CT molecular complexity index is 856. The monoisotopic (exact) mass is 320 g/mol. The average molecular weight is 321 g/mol. The third kappa shape index (κ3) is 2.89. The lowest BCUT2D eigenvalue weighted by Gasteiger charge is -2.08. The van der Waals surface area contributed by atoms with E-state index in [9.17, 15) is 4.79 Å². The average Bonchev–Trinajstić information content (AvgIpc) is 2.50. The first-order chi connectivity index (χ1) is 10.1. The van der Waals surface area contributed by atoms with Gasteiger partial charge in [0.2, 0.25) is 5.43 Å². The highest BCUT2D eigenvalue weighted by Gasteiger charge is 2.07. The molecule has 0 fully saturated rings. The number of fused-ring (bicyclic) bond motifs is 1. The van der Waals surface area contributed by atoms with E-state index in [4.69, 9.17) is 32.4 Å². The molecule has 0 atom stereocenters.